The first-order chi connectivity index (χ1) is 17.7. The number of carbonyl (C=O) groups excluding carboxylic acids is 2. The van der Waals surface area contributed by atoms with E-state index in [9.17, 15) is 32.7 Å². The smallest absolute Gasteiger partial charge is 0.433 e. The molecule has 12 heteroatoms. The molecular weight excluding hydrogens is 546 g/mol. The standard InChI is InChI=1S/C26H28Cl2F3N3O4/c1-24(10-11-24)14-33(13-19(35)20-17(27)4-3-5-18(20)28)22(36)16-12-32-34(21(16)26(29,30)31)15-6-8-25(2,9-7-15)23(37)38/h3-5,12,15H,6-11,13-14H2,1-2H3,(H,37,38)/t15-,25-. The van der Waals surface area contributed by atoms with Gasteiger partial charge >= 0.3 is 12.1 Å². The fraction of sp³-hybridized carbons (Fsp3) is 0.538. The minimum Gasteiger partial charge on any atom is -0.481 e. The second-order valence-electron chi connectivity index (χ2n) is 10.9. The lowest BCUT2D eigenvalue weighted by atomic mass is 9.74. The molecular formula is C26H28Cl2F3N3O4. The van der Waals surface area contributed by atoms with Crippen LogP contribution in [0.15, 0.2) is 24.4 Å². The van der Waals surface area contributed by atoms with Gasteiger partial charge in [0.1, 0.15) is 0 Å². The number of ketones is 1. The van der Waals surface area contributed by atoms with E-state index in [-0.39, 0.29) is 53.3 Å². The molecule has 7 nitrogen and oxygen atoms in total. The van der Waals surface area contributed by atoms with Gasteiger partial charge in [-0.25, -0.2) is 0 Å². The topological polar surface area (TPSA) is 92.5 Å². The molecule has 2 fully saturated rings. The van der Waals surface area contributed by atoms with Crippen LogP contribution in [-0.4, -0.2) is 50.5 Å². The third kappa shape index (κ3) is 5.71. The van der Waals surface area contributed by atoms with E-state index < -0.39 is 53.1 Å². The van der Waals surface area contributed by atoms with Gasteiger partial charge in [0.05, 0.1) is 45.4 Å². The van der Waals surface area contributed by atoms with Gasteiger partial charge in [-0.1, -0.05) is 36.2 Å². The van der Waals surface area contributed by atoms with Crippen molar-refractivity contribution < 1.29 is 32.7 Å². The number of hydrogen-bond donors (Lipinski definition) is 1. The summed E-state index contributed by atoms with van der Waals surface area (Å²) in [6.07, 6.45) is -1.75. The number of carbonyl (C=O) groups is 3. The molecule has 0 atom stereocenters. The number of carboxylic acids is 1. The molecule has 0 aliphatic heterocycles. The molecule has 2 aliphatic carbocycles. The maximum absolute atomic E-state index is 14.4. The molecule has 1 N–H and O–H groups in total. The minimum atomic E-state index is -4.90. The Bertz CT molecular complexity index is 1240. The van der Waals surface area contributed by atoms with Crippen molar-refractivity contribution in [1.29, 1.82) is 0 Å². The number of nitrogens with zero attached hydrogens (tertiary/aromatic N) is 3. The summed E-state index contributed by atoms with van der Waals surface area (Å²) in [5.74, 6) is -2.53. The van der Waals surface area contributed by atoms with E-state index in [4.69, 9.17) is 23.2 Å². The molecule has 1 aromatic carbocycles. The predicted molar refractivity (Wildman–Crippen MR) is 135 cm³/mol. The molecule has 2 aromatic rings. The molecule has 1 amide bonds. The summed E-state index contributed by atoms with van der Waals surface area (Å²) in [5, 5.41) is 13.6. The number of aromatic nitrogens is 2. The Labute approximate surface area is 227 Å². The highest BCUT2D eigenvalue weighted by molar-refractivity contribution is 6.40. The molecule has 38 heavy (non-hydrogen) atoms. The van der Waals surface area contributed by atoms with Crippen LogP contribution in [0.5, 0.6) is 0 Å². The molecule has 2 saturated carbocycles. The van der Waals surface area contributed by atoms with E-state index in [0.717, 1.165) is 28.6 Å². The van der Waals surface area contributed by atoms with E-state index in [0.29, 0.717) is 0 Å². The average molecular weight is 574 g/mol. The van der Waals surface area contributed by atoms with E-state index in [1.54, 1.807) is 13.0 Å². The number of amides is 1. The van der Waals surface area contributed by atoms with Crippen LogP contribution in [0.3, 0.4) is 0 Å². The van der Waals surface area contributed by atoms with Crippen molar-refractivity contribution in [2.24, 2.45) is 10.8 Å². The van der Waals surface area contributed by atoms with Crippen molar-refractivity contribution in [2.75, 3.05) is 13.1 Å². The first-order valence-corrected chi connectivity index (χ1v) is 13.1. The second-order valence-corrected chi connectivity index (χ2v) is 11.8. The van der Waals surface area contributed by atoms with E-state index >= 15 is 0 Å². The molecule has 1 heterocycles. The van der Waals surface area contributed by atoms with Crippen LogP contribution in [0.4, 0.5) is 13.2 Å². The summed E-state index contributed by atoms with van der Waals surface area (Å²) in [7, 11) is 0. The van der Waals surface area contributed by atoms with Crippen LogP contribution < -0.4 is 0 Å². The van der Waals surface area contributed by atoms with Crippen molar-refractivity contribution in [2.45, 2.75) is 64.6 Å². The Kier molecular flexibility index (Phi) is 7.62. The summed E-state index contributed by atoms with van der Waals surface area (Å²) in [6, 6.07) is 3.79. The maximum Gasteiger partial charge on any atom is 0.433 e. The minimum absolute atomic E-state index is 0.00464. The summed E-state index contributed by atoms with van der Waals surface area (Å²) < 4.78 is 43.9. The van der Waals surface area contributed by atoms with Gasteiger partial charge in [0.2, 0.25) is 0 Å². The lowest BCUT2D eigenvalue weighted by molar-refractivity contribution is -0.152. The SMILES string of the molecule is CC1(CN(CC(=O)c2c(Cl)cccc2Cl)C(=O)c2cnn([C@H]3CC[C@](C)(C(=O)O)CC3)c2C(F)(F)F)CC1. The van der Waals surface area contributed by atoms with Crippen LogP contribution in [0.1, 0.15) is 84.8 Å². The zero-order valence-electron chi connectivity index (χ0n) is 20.9. The highest BCUT2D eigenvalue weighted by Crippen LogP contribution is 2.47. The number of carboxylic acid groups (broad SMARTS) is 1. The highest BCUT2D eigenvalue weighted by atomic mass is 35.5. The van der Waals surface area contributed by atoms with Gasteiger partial charge in [-0.3, -0.25) is 19.1 Å². The lowest BCUT2D eigenvalue weighted by Gasteiger charge is -2.34. The highest BCUT2D eigenvalue weighted by Gasteiger charge is 2.46. The van der Waals surface area contributed by atoms with Crippen LogP contribution in [0.2, 0.25) is 10.0 Å². The quantitative estimate of drug-likeness (QED) is 0.362. The number of hydrogen-bond acceptors (Lipinski definition) is 4. The van der Waals surface area contributed by atoms with Gasteiger partial charge in [-0.15, -0.1) is 0 Å². The van der Waals surface area contributed by atoms with Gasteiger partial charge in [0.15, 0.2) is 11.5 Å². The average Bonchev–Trinajstić information content (AvgIpc) is 3.37. The van der Waals surface area contributed by atoms with Gasteiger partial charge in [0, 0.05) is 6.54 Å². The van der Waals surface area contributed by atoms with Crippen LogP contribution in [-0.2, 0) is 11.0 Å². The summed E-state index contributed by atoms with van der Waals surface area (Å²) in [4.78, 5) is 39.4. The maximum atomic E-state index is 14.4. The zero-order chi connectivity index (χ0) is 28.0. The molecule has 0 saturated heterocycles. The third-order valence-corrected chi connectivity index (χ3v) is 8.38. The normalized spacial score (nSPS) is 22.7. The monoisotopic (exact) mass is 573 g/mol. The second kappa shape index (κ2) is 10.2. The predicted octanol–water partition coefficient (Wildman–Crippen LogP) is 6.54. The van der Waals surface area contributed by atoms with Gasteiger partial charge in [0.25, 0.3) is 5.91 Å². The Balaban J connectivity index is 1.66. The number of halogens is 5. The van der Waals surface area contributed by atoms with Crippen molar-refractivity contribution in [3.63, 3.8) is 0 Å². The molecule has 0 spiro atoms. The molecule has 2 aliphatic rings. The molecule has 0 bridgehead atoms. The fourth-order valence-electron chi connectivity index (χ4n) is 5.00. The Morgan fingerprint density at radius 1 is 1.11 bits per heavy atom. The van der Waals surface area contributed by atoms with E-state index in [1.807, 2.05) is 6.92 Å². The molecule has 0 unspecified atom stereocenters. The number of Topliss-reactive ketones (excluding diaryl/α,β-unsaturated/α-hetero) is 1. The Morgan fingerprint density at radius 2 is 1.68 bits per heavy atom. The van der Waals surface area contributed by atoms with E-state index in [1.165, 1.54) is 12.1 Å². The number of aliphatic carboxylic acids is 1. The molecule has 206 valence electrons. The molecule has 4 rings (SSSR count). The fourth-order valence-corrected chi connectivity index (χ4v) is 5.60. The first-order valence-electron chi connectivity index (χ1n) is 12.3. The van der Waals surface area contributed by atoms with E-state index in [2.05, 4.69) is 5.10 Å². The van der Waals surface area contributed by atoms with Gasteiger partial charge in [-0.2, -0.15) is 18.3 Å². The number of rotatable bonds is 8. The molecule has 1 aromatic heterocycles. The first kappa shape index (κ1) is 28.4. The lowest BCUT2D eigenvalue weighted by Crippen LogP contribution is -2.40. The zero-order valence-corrected chi connectivity index (χ0v) is 22.5. The van der Waals surface area contributed by atoms with Crippen LogP contribution in [0.25, 0.3) is 0 Å². The summed E-state index contributed by atoms with van der Waals surface area (Å²) in [5.41, 5.74) is -3.16. The van der Waals surface area contributed by atoms with Crippen molar-refractivity contribution in [1.82, 2.24) is 14.7 Å². The van der Waals surface area contributed by atoms with Gasteiger partial charge < -0.3 is 10.0 Å². The van der Waals surface area contributed by atoms with Crippen molar-refractivity contribution in [3.05, 3.63) is 51.3 Å². The van der Waals surface area contributed by atoms with Gasteiger partial charge in [-0.05, 0) is 63.0 Å². The Hall–Kier alpha value is -2.59. The number of benzene rings is 1. The largest absolute Gasteiger partial charge is 0.481 e. The summed E-state index contributed by atoms with van der Waals surface area (Å²) >= 11 is 12.3. The Morgan fingerprint density at radius 3 is 2.18 bits per heavy atom. The van der Waals surface area contributed by atoms with Crippen molar-refractivity contribution >= 4 is 40.9 Å². The molecule has 0 radical (unpaired) electrons. The van der Waals surface area contributed by atoms with Crippen LogP contribution >= 0.6 is 23.2 Å². The third-order valence-electron chi connectivity index (χ3n) is 7.75. The van der Waals surface area contributed by atoms with Crippen molar-refractivity contribution in [3.8, 4) is 0 Å². The number of alkyl halides is 3. The summed E-state index contributed by atoms with van der Waals surface area (Å²) in [6.45, 7) is 3.06. The van der Waals surface area contributed by atoms with Crippen LogP contribution in [0, 0.1) is 10.8 Å².